The fourth-order valence-corrected chi connectivity index (χ4v) is 2.84. The molecule has 1 heterocycles. The summed E-state index contributed by atoms with van der Waals surface area (Å²) < 4.78 is 0. The molecule has 1 aliphatic rings. The van der Waals surface area contributed by atoms with Gasteiger partial charge in [0.05, 0.1) is 0 Å². The van der Waals surface area contributed by atoms with Crippen LogP contribution in [0.2, 0.25) is 0 Å². The van der Waals surface area contributed by atoms with Gasteiger partial charge in [0, 0.05) is 19.5 Å². The third-order valence-corrected chi connectivity index (χ3v) is 3.75. The molecular weight excluding hydrogens is 238 g/mol. The topological polar surface area (TPSA) is 44.4 Å². The van der Waals surface area contributed by atoms with E-state index in [-0.39, 0.29) is 11.3 Å². The van der Waals surface area contributed by atoms with Crippen molar-refractivity contribution in [1.29, 1.82) is 0 Å². The molecule has 4 heteroatoms. The number of carbonyl (C=O) groups excluding carboxylic acids is 1. The summed E-state index contributed by atoms with van der Waals surface area (Å²) in [5.74, 6) is 0.951. The van der Waals surface area contributed by atoms with Crippen LogP contribution in [-0.2, 0) is 4.79 Å². The van der Waals surface area contributed by atoms with Gasteiger partial charge >= 0.3 is 0 Å². The zero-order chi connectivity index (χ0) is 14.3. The number of nitrogens with one attached hydrogen (secondary N) is 2. The van der Waals surface area contributed by atoms with Crippen molar-refractivity contribution in [2.75, 3.05) is 40.3 Å². The molecule has 1 aliphatic heterocycles. The van der Waals surface area contributed by atoms with Crippen LogP contribution in [0.15, 0.2) is 0 Å². The van der Waals surface area contributed by atoms with Crippen molar-refractivity contribution >= 4 is 5.91 Å². The Hall–Kier alpha value is -0.610. The number of carbonyl (C=O) groups is 1. The SMILES string of the molecule is CN(C)CC(C)(C)CNC(=O)CCC1CCNCC1. The molecule has 4 nitrogen and oxygen atoms in total. The maximum atomic E-state index is 11.9. The minimum atomic E-state index is 0.133. The molecule has 0 radical (unpaired) electrons. The van der Waals surface area contributed by atoms with E-state index >= 15 is 0 Å². The highest BCUT2D eigenvalue weighted by Gasteiger charge is 2.20. The molecule has 112 valence electrons. The van der Waals surface area contributed by atoms with E-state index < -0.39 is 0 Å². The molecule has 2 N–H and O–H groups in total. The summed E-state index contributed by atoms with van der Waals surface area (Å²) in [5, 5.41) is 6.45. The molecule has 0 saturated carbocycles. The number of rotatable bonds is 7. The Balaban J connectivity index is 2.16. The van der Waals surface area contributed by atoms with Crippen LogP contribution in [-0.4, -0.2) is 51.1 Å². The lowest BCUT2D eigenvalue weighted by Gasteiger charge is -2.28. The van der Waals surface area contributed by atoms with E-state index in [1.54, 1.807) is 0 Å². The molecule has 1 rings (SSSR count). The maximum Gasteiger partial charge on any atom is 0.220 e. The van der Waals surface area contributed by atoms with E-state index in [0.717, 1.165) is 38.5 Å². The second kappa shape index (κ2) is 7.85. The largest absolute Gasteiger partial charge is 0.356 e. The van der Waals surface area contributed by atoms with Gasteiger partial charge in [0.2, 0.25) is 5.91 Å². The van der Waals surface area contributed by atoms with E-state index in [1.165, 1.54) is 12.8 Å². The van der Waals surface area contributed by atoms with Crippen LogP contribution in [0.1, 0.15) is 39.5 Å². The first-order valence-electron chi connectivity index (χ1n) is 7.51. The standard InChI is InChI=1S/C15H31N3O/c1-15(2,12-18(3)4)11-17-14(19)6-5-13-7-9-16-10-8-13/h13,16H,5-12H2,1-4H3,(H,17,19). The van der Waals surface area contributed by atoms with Crippen LogP contribution in [0.5, 0.6) is 0 Å². The van der Waals surface area contributed by atoms with Crippen LogP contribution >= 0.6 is 0 Å². The van der Waals surface area contributed by atoms with Crippen LogP contribution in [0.25, 0.3) is 0 Å². The molecule has 0 aromatic carbocycles. The van der Waals surface area contributed by atoms with Crippen molar-refractivity contribution in [2.24, 2.45) is 11.3 Å². The Labute approximate surface area is 118 Å². The number of hydrogen-bond donors (Lipinski definition) is 2. The Kier molecular flexibility index (Phi) is 6.80. The monoisotopic (exact) mass is 269 g/mol. The third kappa shape index (κ3) is 7.53. The van der Waals surface area contributed by atoms with E-state index in [1.807, 2.05) is 0 Å². The minimum absolute atomic E-state index is 0.133. The molecule has 0 bridgehead atoms. The number of hydrogen-bond acceptors (Lipinski definition) is 3. The lowest BCUT2D eigenvalue weighted by atomic mass is 9.92. The quantitative estimate of drug-likeness (QED) is 0.735. The predicted octanol–water partition coefficient (Wildman–Crippen LogP) is 1.47. The summed E-state index contributed by atoms with van der Waals surface area (Å²) in [4.78, 5) is 14.0. The predicted molar refractivity (Wildman–Crippen MR) is 80.2 cm³/mol. The van der Waals surface area contributed by atoms with Gasteiger partial charge in [-0.15, -0.1) is 0 Å². The highest BCUT2D eigenvalue weighted by molar-refractivity contribution is 5.75. The second-order valence-corrected chi connectivity index (χ2v) is 6.91. The number of nitrogens with zero attached hydrogens (tertiary/aromatic N) is 1. The molecule has 1 fully saturated rings. The Morgan fingerprint density at radius 3 is 2.53 bits per heavy atom. The first-order chi connectivity index (χ1) is 8.89. The van der Waals surface area contributed by atoms with Crippen molar-refractivity contribution in [2.45, 2.75) is 39.5 Å². The van der Waals surface area contributed by atoms with Gasteiger partial charge in [-0.05, 0) is 57.8 Å². The van der Waals surface area contributed by atoms with Crippen LogP contribution in [0.3, 0.4) is 0 Å². The van der Waals surface area contributed by atoms with Gasteiger partial charge in [0.1, 0.15) is 0 Å². The van der Waals surface area contributed by atoms with Gasteiger partial charge in [0.25, 0.3) is 0 Å². The molecule has 0 aromatic rings. The number of piperidine rings is 1. The van der Waals surface area contributed by atoms with Crippen molar-refractivity contribution in [3.63, 3.8) is 0 Å². The Bertz CT molecular complexity index is 271. The molecular formula is C15H31N3O. The Morgan fingerprint density at radius 1 is 1.32 bits per heavy atom. The van der Waals surface area contributed by atoms with Crippen LogP contribution < -0.4 is 10.6 Å². The van der Waals surface area contributed by atoms with E-state index in [2.05, 4.69) is 43.5 Å². The van der Waals surface area contributed by atoms with Crippen molar-refractivity contribution in [1.82, 2.24) is 15.5 Å². The lowest BCUT2D eigenvalue weighted by molar-refractivity contribution is -0.121. The van der Waals surface area contributed by atoms with Crippen LogP contribution in [0.4, 0.5) is 0 Å². The summed E-state index contributed by atoms with van der Waals surface area (Å²) in [7, 11) is 4.14. The van der Waals surface area contributed by atoms with E-state index in [4.69, 9.17) is 0 Å². The average molecular weight is 269 g/mol. The zero-order valence-corrected chi connectivity index (χ0v) is 13.1. The summed E-state index contributed by atoms with van der Waals surface area (Å²) in [5.41, 5.74) is 0.133. The smallest absolute Gasteiger partial charge is 0.220 e. The second-order valence-electron chi connectivity index (χ2n) is 6.91. The minimum Gasteiger partial charge on any atom is -0.356 e. The number of amides is 1. The van der Waals surface area contributed by atoms with Crippen molar-refractivity contribution < 1.29 is 4.79 Å². The molecule has 0 aromatic heterocycles. The van der Waals surface area contributed by atoms with Gasteiger partial charge < -0.3 is 15.5 Å². The van der Waals surface area contributed by atoms with Gasteiger partial charge in [-0.1, -0.05) is 13.8 Å². The third-order valence-electron chi connectivity index (χ3n) is 3.75. The zero-order valence-electron chi connectivity index (χ0n) is 13.1. The summed E-state index contributed by atoms with van der Waals surface area (Å²) >= 11 is 0. The summed E-state index contributed by atoms with van der Waals surface area (Å²) in [6.45, 7) is 8.36. The molecule has 19 heavy (non-hydrogen) atoms. The van der Waals surface area contributed by atoms with Gasteiger partial charge in [-0.3, -0.25) is 4.79 Å². The first-order valence-corrected chi connectivity index (χ1v) is 7.51. The van der Waals surface area contributed by atoms with Gasteiger partial charge in [0.15, 0.2) is 0 Å². The highest BCUT2D eigenvalue weighted by atomic mass is 16.1. The fraction of sp³-hybridized carbons (Fsp3) is 0.933. The lowest BCUT2D eigenvalue weighted by Crippen LogP contribution is -2.40. The molecule has 1 amide bonds. The fourth-order valence-electron chi connectivity index (χ4n) is 2.84. The first kappa shape index (κ1) is 16.4. The summed E-state index contributed by atoms with van der Waals surface area (Å²) in [6, 6.07) is 0. The van der Waals surface area contributed by atoms with Gasteiger partial charge in [-0.25, -0.2) is 0 Å². The Morgan fingerprint density at radius 2 is 1.95 bits per heavy atom. The van der Waals surface area contributed by atoms with E-state index in [0.29, 0.717) is 6.42 Å². The molecule has 0 unspecified atom stereocenters. The van der Waals surface area contributed by atoms with E-state index in [9.17, 15) is 4.79 Å². The average Bonchev–Trinajstić information content (AvgIpc) is 2.34. The van der Waals surface area contributed by atoms with Crippen molar-refractivity contribution in [3.05, 3.63) is 0 Å². The normalized spacial score (nSPS) is 17.7. The molecule has 0 spiro atoms. The highest BCUT2D eigenvalue weighted by Crippen LogP contribution is 2.18. The summed E-state index contributed by atoms with van der Waals surface area (Å²) in [6.07, 6.45) is 4.17. The van der Waals surface area contributed by atoms with Crippen LogP contribution in [0, 0.1) is 11.3 Å². The molecule has 0 aliphatic carbocycles. The van der Waals surface area contributed by atoms with Gasteiger partial charge in [-0.2, -0.15) is 0 Å². The van der Waals surface area contributed by atoms with Crippen molar-refractivity contribution in [3.8, 4) is 0 Å². The molecule has 0 atom stereocenters. The maximum absolute atomic E-state index is 11.9. The molecule has 1 saturated heterocycles.